The van der Waals surface area contributed by atoms with Crippen molar-refractivity contribution in [1.82, 2.24) is 9.29 Å². The van der Waals surface area contributed by atoms with Gasteiger partial charge in [0, 0.05) is 32.0 Å². The van der Waals surface area contributed by atoms with Crippen LogP contribution in [-0.2, 0) is 30.9 Å². The van der Waals surface area contributed by atoms with Gasteiger partial charge in [0.15, 0.2) is 0 Å². The first-order valence-electron chi connectivity index (χ1n) is 10.3. The van der Waals surface area contributed by atoms with E-state index in [1.54, 1.807) is 4.31 Å². The molecule has 2 aliphatic heterocycles. The molecular weight excluding hydrogens is 453 g/mol. The molecule has 3 rings (SSSR count). The molecule has 1 aromatic rings. The first-order chi connectivity index (χ1) is 14.9. The SMILES string of the molecule is CCCS(=O)(=O)N1CC2(C1)OCCC2CCOCc1cccc(C)n1.O=C(O)C(F)(F)F. The molecule has 0 amide bonds. The lowest BCUT2D eigenvalue weighted by molar-refractivity contribution is -0.192. The molecule has 2 aliphatic rings. The van der Waals surface area contributed by atoms with Crippen LogP contribution in [0.5, 0.6) is 0 Å². The summed E-state index contributed by atoms with van der Waals surface area (Å²) in [6.45, 7) is 6.73. The third-order valence-electron chi connectivity index (χ3n) is 5.39. The first-order valence-corrected chi connectivity index (χ1v) is 11.9. The summed E-state index contributed by atoms with van der Waals surface area (Å²) in [6.07, 6.45) is -2.56. The van der Waals surface area contributed by atoms with Gasteiger partial charge in [-0.15, -0.1) is 0 Å². The van der Waals surface area contributed by atoms with Crippen molar-refractivity contribution in [3.63, 3.8) is 0 Å². The molecule has 0 radical (unpaired) electrons. The van der Waals surface area contributed by atoms with E-state index in [0.717, 1.165) is 24.2 Å². The van der Waals surface area contributed by atoms with Crippen LogP contribution >= 0.6 is 0 Å². The van der Waals surface area contributed by atoms with E-state index < -0.39 is 22.2 Å². The summed E-state index contributed by atoms with van der Waals surface area (Å²) in [4.78, 5) is 13.3. The third kappa shape index (κ3) is 7.12. The van der Waals surface area contributed by atoms with E-state index in [-0.39, 0.29) is 11.4 Å². The van der Waals surface area contributed by atoms with Gasteiger partial charge in [-0.05, 0) is 44.2 Å². The van der Waals surface area contributed by atoms with Crippen molar-refractivity contribution in [3.8, 4) is 0 Å². The predicted molar refractivity (Wildman–Crippen MR) is 109 cm³/mol. The summed E-state index contributed by atoms with van der Waals surface area (Å²) in [5, 5.41) is 7.12. The monoisotopic (exact) mass is 482 g/mol. The Labute approximate surface area is 185 Å². The van der Waals surface area contributed by atoms with Crippen LogP contribution in [0.4, 0.5) is 13.2 Å². The Morgan fingerprint density at radius 3 is 2.59 bits per heavy atom. The fourth-order valence-corrected chi connectivity index (χ4v) is 5.36. The predicted octanol–water partition coefficient (Wildman–Crippen LogP) is 2.76. The smallest absolute Gasteiger partial charge is 0.475 e. The number of pyridine rings is 1. The number of hydrogen-bond acceptors (Lipinski definition) is 6. The summed E-state index contributed by atoms with van der Waals surface area (Å²) >= 11 is 0. The maximum absolute atomic E-state index is 12.1. The van der Waals surface area contributed by atoms with E-state index in [1.807, 2.05) is 32.0 Å². The molecule has 1 N–H and O–H groups in total. The van der Waals surface area contributed by atoms with Crippen molar-refractivity contribution in [3.05, 3.63) is 29.6 Å². The molecular formula is C20H29F3N2O6S. The fourth-order valence-electron chi connectivity index (χ4n) is 3.76. The molecule has 1 spiro atoms. The lowest BCUT2D eigenvalue weighted by Gasteiger charge is -2.49. The van der Waals surface area contributed by atoms with Crippen LogP contribution in [0.3, 0.4) is 0 Å². The number of aliphatic carboxylic acids is 1. The second-order valence-electron chi connectivity index (χ2n) is 7.90. The highest BCUT2D eigenvalue weighted by molar-refractivity contribution is 7.89. The number of rotatable bonds is 8. The van der Waals surface area contributed by atoms with E-state index in [4.69, 9.17) is 19.4 Å². The second-order valence-corrected chi connectivity index (χ2v) is 9.99. The van der Waals surface area contributed by atoms with Gasteiger partial charge in [0.1, 0.15) is 0 Å². The molecule has 8 nitrogen and oxygen atoms in total. The summed E-state index contributed by atoms with van der Waals surface area (Å²) < 4.78 is 69.3. The fraction of sp³-hybridized carbons (Fsp3) is 0.700. The molecule has 1 atom stereocenters. The Bertz CT molecular complexity index is 872. The molecule has 0 aliphatic carbocycles. The number of sulfonamides is 1. The molecule has 3 heterocycles. The molecule has 0 saturated carbocycles. The lowest BCUT2D eigenvalue weighted by atomic mass is 9.80. The van der Waals surface area contributed by atoms with Crippen molar-refractivity contribution < 1.29 is 41.0 Å². The Balaban J connectivity index is 0.000000451. The summed E-state index contributed by atoms with van der Waals surface area (Å²) in [5.41, 5.74) is 1.65. The lowest BCUT2D eigenvalue weighted by Crippen LogP contribution is -2.66. The van der Waals surface area contributed by atoms with Crippen LogP contribution in [0.15, 0.2) is 18.2 Å². The number of aromatic nitrogens is 1. The van der Waals surface area contributed by atoms with Crippen LogP contribution in [0.1, 0.15) is 37.6 Å². The van der Waals surface area contributed by atoms with Gasteiger partial charge in [-0.25, -0.2) is 13.2 Å². The Morgan fingerprint density at radius 2 is 2.03 bits per heavy atom. The summed E-state index contributed by atoms with van der Waals surface area (Å²) in [7, 11) is -3.11. The molecule has 0 bridgehead atoms. The van der Waals surface area contributed by atoms with Gasteiger partial charge in [-0.1, -0.05) is 13.0 Å². The van der Waals surface area contributed by atoms with Crippen LogP contribution in [-0.4, -0.2) is 72.6 Å². The standard InChI is InChI=1S/C18H28N2O4S.C2HF3O2/c1-3-11-25(21,22)20-13-18(14-20)16(8-10-24-18)7-9-23-12-17-6-4-5-15(2)19-17;3-2(4,5)1(6)7/h4-6,16H,3,7-14H2,1-2H3;(H,6,7). The van der Waals surface area contributed by atoms with Crippen molar-refractivity contribution in [1.29, 1.82) is 0 Å². The zero-order valence-electron chi connectivity index (χ0n) is 18.1. The summed E-state index contributed by atoms with van der Waals surface area (Å²) in [5.74, 6) is -2.17. The molecule has 12 heteroatoms. The van der Waals surface area contributed by atoms with Crippen molar-refractivity contribution in [2.75, 3.05) is 32.1 Å². The quantitative estimate of drug-likeness (QED) is 0.568. The topological polar surface area (TPSA) is 106 Å². The van der Waals surface area contributed by atoms with Gasteiger partial charge in [-0.3, -0.25) is 4.98 Å². The van der Waals surface area contributed by atoms with E-state index in [1.165, 1.54) is 0 Å². The maximum Gasteiger partial charge on any atom is 0.490 e. The van der Waals surface area contributed by atoms with Crippen molar-refractivity contribution in [2.24, 2.45) is 5.92 Å². The van der Waals surface area contributed by atoms with Gasteiger partial charge in [0.05, 0.1) is 23.7 Å². The maximum atomic E-state index is 12.1. The average Bonchev–Trinajstić information content (AvgIpc) is 3.08. The Morgan fingerprint density at radius 1 is 1.38 bits per heavy atom. The van der Waals surface area contributed by atoms with Crippen LogP contribution in [0.2, 0.25) is 0 Å². The molecule has 182 valence electrons. The van der Waals surface area contributed by atoms with E-state index in [9.17, 15) is 21.6 Å². The molecule has 1 unspecified atom stereocenters. The molecule has 2 fully saturated rings. The average molecular weight is 483 g/mol. The van der Waals surface area contributed by atoms with E-state index >= 15 is 0 Å². The highest BCUT2D eigenvalue weighted by Crippen LogP contribution is 2.42. The number of nitrogens with zero attached hydrogens (tertiary/aromatic N) is 2. The Hall–Kier alpha value is -1.76. The van der Waals surface area contributed by atoms with E-state index in [2.05, 4.69) is 4.98 Å². The number of ether oxygens (including phenoxy) is 2. The van der Waals surface area contributed by atoms with Crippen LogP contribution < -0.4 is 0 Å². The Kier molecular flexibility index (Phi) is 9.03. The highest BCUT2D eigenvalue weighted by atomic mass is 32.2. The second kappa shape index (κ2) is 10.9. The van der Waals surface area contributed by atoms with Crippen LogP contribution in [0.25, 0.3) is 0 Å². The van der Waals surface area contributed by atoms with Gasteiger partial charge in [0.25, 0.3) is 0 Å². The molecule has 0 aromatic carbocycles. The molecule has 2 saturated heterocycles. The first kappa shape index (κ1) is 26.5. The largest absolute Gasteiger partial charge is 0.490 e. The number of carbonyl (C=O) groups is 1. The van der Waals surface area contributed by atoms with Gasteiger partial charge in [-0.2, -0.15) is 17.5 Å². The minimum absolute atomic E-state index is 0.223. The van der Waals surface area contributed by atoms with Crippen molar-refractivity contribution >= 4 is 16.0 Å². The highest BCUT2D eigenvalue weighted by Gasteiger charge is 2.55. The molecule has 1 aromatic heterocycles. The van der Waals surface area contributed by atoms with Crippen LogP contribution in [0, 0.1) is 12.8 Å². The number of halogens is 3. The molecule has 32 heavy (non-hydrogen) atoms. The van der Waals surface area contributed by atoms with Crippen molar-refractivity contribution in [2.45, 2.75) is 51.5 Å². The number of carboxylic acid groups (broad SMARTS) is 1. The number of aryl methyl sites for hydroxylation is 1. The normalized spacial score (nSPS) is 20.5. The van der Waals surface area contributed by atoms with E-state index in [0.29, 0.717) is 45.2 Å². The summed E-state index contributed by atoms with van der Waals surface area (Å²) in [6, 6.07) is 5.92. The van der Waals surface area contributed by atoms with Gasteiger partial charge in [0.2, 0.25) is 10.0 Å². The van der Waals surface area contributed by atoms with Gasteiger partial charge >= 0.3 is 12.1 Å². The zero-order valence-corrected chi connectivity index (χ0v) is 18.9. The third-order valence-corrected chi connectivity index (χ3v) is 7.36. The minimum Gasteiger partial charge on any atom is -0.475 e. The number of hydrogen-bond donors (Lipinski definition) is 1. The number of carboxylic acids is 1. The minimum atomic E-state index is -5.08. The zero-order chi connectivity index (χ0) is 24.0. The number of alkyl halides is 3. The van der Waals surface area contributed by atoms with Gasteiger partial charge < -0.3 is 14.6 Å².